The third-order valence-corrected chi connectivity index (χ3v) is 13.2. The fourth-order valence-electron chi connectivity index (χ4n) is 7.82. The number of carbonyl (C=O) groups excluding carboxylic acids is 1. The number of aliphatic hydroxyl groups excluding tert-OH is 1. The van der Waals surface area contributed by atoms with E-state index in [1.54, 1.807) is 6.08 Å². The van der Waals surface area contributed by atoms with Crippen LogP contribution in [0.2, 0.25) is 0 Å². The third kappa shape index (κ3) is 50.1. The number of unbranched alkanes of at least 4 members (excludes halogenated alkanes) is 29. The monoisotopic (exact) mass is 948 g/mol. The Kier molecular flexibility index (Phi) is 46.9. The minimum Gasteiger partial charge on any atom is -0.387 e. The first-order valence-corrected chi connectivity index (χ1v) is 29.2. The molecule has 66 heavy (non-hydrogen) atoms. The summed E-state index contributed by atoms with van der Waals surface area (Å²) in [5.74, 6) is -0.191. The molecule has 0 aliphatic heterocycles. The zero-order valence-corrected chi connectivity index (χ0v) is 44.8. The number of amides is 1. The van der Waals surface area contributed by atoms with Gasteiger partial charge in [-0.05, 0) is 70.6 Å². The first-order chi connectivity index (χ1) is 32.0. The molecule has 0 aromatic rings. The second kappa shape index (κ2) is 48.2. The molecule has 0 fully saturated rings. The van der Waals surface area contributed by atoms with Gasteiger partial charge in [0, 0.05) is 6.42 Å². The molecule has 0 spiro atoms. The molecule has 386 valence electrons. The van der Waals surface area contributed by atoms with Crippen molar-refractivity contribution in [3.8, 4) is 0 Å². The van der Waals surface area contributed by atoms with Gasteiger partial charge in [-0.3, -0.25) is 13.8 Å². The van der Waals surface area contributed by atoms with Crippen LogP contribution < -0.4 is 5.32 Å². The number of hydrogen-bond donors (Lipinski definition) is 3. The number of nitrogens with zero attached hydrogens (tertiary/aromatic N) is 1. The topological polar surface area (TPSA) is 105 Å². The quantitative estimate of drug-likeness (QED) is 0.0243. The number of quaternary nitrogens is 1. The SMILES string of the molecule is CCC/C=C/CC/C=C/CC/C=C/C(O)C(COP(=O)(O)OCC[N+](C)(C)C)NC(=O)CCCCCCCCCCCCCCCCCCCCCCC/C=C\C/C=C\CCCCCCC. The van der Waals surface area contributed by atoms with Crippen LogP contribution in [0.4, 0.5) is 0 Å². The Hall–Kier alpha value is -1.80. The van der Waals surface area contributed by atoms with Crippen molar-refractivity contribution >= 4 is 13.7 Å². The molecule has 0 aliphatic rings. The minimum atomic E-state index is -4.35. The van der Waals surface area contributed by atoms with Crippen molar-refractivity contribution in [2.45, 2.75) is 257 Å². The molecule has 1 amide bonds. The Morgan fingerprint density at radius 3 is 1.35 bits per heavy atom. The number of allylic oxidation sites excluding steroid dienone is 9. The first-order valence-electron chi connectivity index (χ1n) is 27.7. The van der Waals surface area contributed by atoms with Crippen LogP contribution in [0, 0.1) is 0 Å². The van der Waals surface area contributed by atoms with Crippen LogP contribution in [0.5, 0.6) is 0 Å². The van der Waals surface area contributed by atoms with Gasteiger partial charge in [-0.25, -0.2) is 4.57 Å². The number of nitrogens with one attached hydrogen (secondary N) is 1. The van der Waals surface area contributed by atoms with E-state index in [0.717, 1.165) is 57.8 Å². The molecule has 0 radical (unpaired) electrons. The molecular formula is C57H108N2O6P+. The maximum absolute atomic E-state index is 12.9. The van der Waals surface area contributed by atoms with Gasteiger partial charge in [-0.2, -0.15) is 0 Å². The molecule has 0 aromatic carbocycles. The maximum Gasteiger partial charge on any atom is 0.472 e. The molecule has 0 saturated carbocycles. The van der Waals surface area contributed by atoms with Gasteiger partial charge in [0.2, 0.25) is 5.91 Å². The van der Waals surface area contributed by atoms with Crippen molar-refractivity contribution in [2.75, 3.05) is 40.9 Å². The summed E-state index contributed by atoms with van der Waals surface area (Å²) in [6.45, 7) is 4.70. The fourth-order valence-corrected chi connectivity index (χ4v) is 8.55. The van der Waals surface area contributed by atoms with E-state index in [9.17, 15) is 19.4 Å². The summed E-state index contributed by atoms with van der Waals surface area (Å²) in [6, 6.07) is -0.868. The van der Waals surface area contributed by atoms with E-state index in [0.29, 0.717) is 17.4 Å². The van der Waals surface area contributed by atoms with Gasteiger partial charge >= 0.3 is 7.82 Å². The second-order valence-corrected chi connectivity index (χ2v) is 21.4. The standard InChI is InChI=1S/C57H107N2O6P/c1-6-8-10-12-14-16-18-19-20-21-22-23-24-25-26-27-28-29-30-31-32-33-34-35-36-37-38-39-41-43-45-47-49-51-57(61)58-55(54-65-66(62,63)64-53-52-59(3,4)5)56(60)50-48-46-44-42-40-17-15-13-11-9-7-2/h11,13,18-19,21-22,40,42,48,50,55-56,60H,6-10,12,14-17,20,23-39,41,43-47,49,51-54H2,1-5H3,(H-,58,61,62,63)/p+1/b13-11+,19-18-,22-21-,42-40+,50-48+. The van der Waals surface area contributed by atoms with Crippen LogP contribution in [-0.4, -0.2) is 73.4 Å². The van der Waals surface area contributed by atoms with Gasteiger partial charge in [0.25, 0.3) is 0 Å². The minimum absolute atomic E-state index is 0.0529. The third-order valence-electron chi connectivity index (χ3n) is 12.2. The summed E-state index contributed by atoms with van der Waals surface area (Å²) in [5, 5.41) is 13.8. The summed E-state index contributed by atoms with van der Waals surface area (Å²) in [6.07, 6.45) is 64.9. The first kappa shape index (κ1) is 64.2. The van der Waals surface area contributed by atoms with Crippen LogP contribution in [0.15, 0.2) is 60.8 Å². The lowest BCUT2D eigenvalue weighted by atomic mass is 10.0. The van der Waals surface area contributed by atoms with Crippen molar-refractivity contribution in [3.05, 3.63) is 60.8 Å². The lowest BCUT2D eigenvalue weighted by Gasteiger charge is -2.25. The average molecular weight is 948 g/mol. The Morgan fingerprint density at radius 2 is 0.909 bits per heavy atom. The summed E-state index contributed by atoms with van der Waals surface area (Å²) in [7, 11) is 1.55. The average Bonchev–Trinajstić information content (AvgIpc) is 3.28. The molecule has 0 aromatic heterocycles. The van der Waals surface area contributed by atoms with Gasteiger partial charge in [0.1, 0.15) is 13.2 Å². The molecule has 0 bridgehead atoms. The highest BCUT2D eigenvalue weighted by atomic mass is 31.2. The molecule has 8 nitrogen and oxygen atoms in total. The summed E-state index contributed by atoms with van der Waals surface area (Å²) in [5.41, 5.74) is 0. The molecule has 0 aliphatic carbocycles. The number of carbonyl (C=O) groups is 1. The number of phosphoric acid groups is 1. The van der Waals surface area contributed by atoms with Crippen LogP contribution in [-0.2, 0) is 18.4 Å². The van der Waals surface area contributed by atoms with Gasteiger partial charge in [-0.1, -0.05) is 229 Å². The molecule has 9 heteroatoms. The van der Waals surface area contributed by atoms with Crippen LogP contribution in [0.3, 0.4) is 0 Å². The number of aliphatic hydroxyl groups is 1. The Labute approximate surface area is 409 Å². The zero-order valence-electron chi connectivity index (χ0n) is 43.9. The highest BCUT2D eigenvalue weighted by Crippen LogP contribution is 2.43. The summed E-state index contributed by atoms with van der Waals surface area (Å²) >= 11 is 0. The molecular weight excluding hydrogens is 840 g/mol. The fraction of sp³-hybridized carbons (Fsp3) is 0.807. The molecule has 0 saturated heterocycles. The lowest BCUT2D eigenvalue weighted by Crippen LogP contribution is -2.45. The summed E-state index contributed by atoms with van der Waals surface area (Å²) < 4.78 is 23.6. The predicted molar refractivity (Wildman–Crippen MR) is 286 cm³/mol. The lowest BCUT2D eigenvalue weighted by molar-refractivity contribution is -0.870. The molecule has 3 atom stereocenters. The van der Waals surface area contributed by atoms with Crippen LogP contribution in [0.1, 0.15) is 245 Å². The Bertz CT molecular complexity index is 1260. The molecule has 0 heterocycles. The van der Waals surface area contributed by atoms with E-state index in [1.807, 2.05) is 27.2 Å². The van der Waals surface area contributed by atoms with E-state index in [4.69, 9.17) is 9.05 Å². The van der Waals surface area contributed by atoms with Gasteiger partial charge in [0.05, 0.1) is 39.9 Å². The predicted octanol–water partition coefficient (Wildman–Crippen LogP) is 16.5. The Balaban J connectivity index is 3.99. The number of hydrogen-bond acceptors (Lipinski definition) is 5. The number of rotatable bonds is 50. The van der Waals surface area contributed by atoms with Crippen molar-refractivity contribution < 1.29 is 32.9 Å². The number of likely N-dealkylation sites (N-methyl/N-ethyl adjacent to an activating group) is 1. The van der Waals surface area contributed by atoms with Crippen LogP contribution in [0.25, 0.3) is 0 Å². The second-order valence-electron chi connectivity index (χ2n) is 19.9. The van der Waals surface area contributed by atoms with Crippen molar-refractivity contribution in [2.24, 2.45) is 0 Å². The molecule has 0 rings (SSSR count). The smallest absolute Gasteiger partial charge is 0.387 e. The van der Waals surface area contributed by atoms with Gasteiger partial charge in [-0.15, -0.1) is 0 Å². The normalized spacial score (nSPS) is 14.5. The highest BCUT2D eigenvalue weighted by molar-refractivity contribution is 7.47. The molecule has 3 N–H and O–H groups in total. The van der Waals surface area contributed by atoms with E-state index in [-0.39, 0.29) is 19.1 Å². The van der Waals surface area contributed by atoms with E-state index >= 15 is 0 Å². The van der Waals surface area contributed by atoms with E-state index in [1.165, 1.54) is 167 Å². The van der Waals surface area contributed by atoms with E-state index < -0.39 is 20.0 Å². The van der Waals surface area contributed by atoms with Crippen molar-refractivity contribution in [1.82, 2.24) is 5.32 Å². The maximum atomic E-state index is 12.9. The van der Waals surface area contributed by atoms with Crippen LogP contribution >= 0.6 is 7.82 Å². The Morgan fingerprint density at radius 1 is 0.515 bits per heavy atom. The van der Waals surface area contributed by atoms with E-state index in [2.05, 4.69) is 67.8 Å². The zero-order chi connectivity index (χ0) is 48.5. The van der Waals surface area contributed by atoms with Gasteiger partial charge < -0.3 is 19.8 Å². The molecule has 3 unspecified atom stereocenters. The van der Waals surface area contributed by atoms with Gasteiger partial charge in [0.15, 0.2) is 0 Å². The number of phosphoric ester groups is 1. The largest absolute Gasteiger partial charge is 0.472 e. The van der Waals surface area contributed by atoms with Crippen molar-refractivity contribution in [3.63, 3.8) is 0 Å². The highest BCUT2D eigenvalue weighted by Gasteiger charge is 2.27. The van der Waals surface area contributed by atoms with Crippen molar-refractivity contribution in [1.29, 1.82) is 0 Å². The summed E-state index contributed by atoms with van der Waals surface area (Å²) in [4.78, 5) is 23.2.